The predicted molar refractivity (Wildman–Crippen MR) is 99.7 cm³/mol. The molecule has 0 aliphatic rings. The number of benzene rings is 1. The Bertz CT molecular complexity index is 869. The van der Waals surface area contributed by atoms with Crippen molar-refractivity contribution in [3.8, 4) is 11.5 Å². The predicted octanol–water partition coefficient (Wildman–Crippen LogP) is 4.44. The summed E-state index contributed by atoms with van der Waals surface area (Å²) < 4.78 is 6.38. The SMILES string of the molecule is Cc1ccc(-c2nc(/C=C/c3nc(N(C)C)ncc3Br)co2)cc1. The van der Waals surface area contributed by atoms with E-state index in [0.29, 0.717) is 11.8 Å². The second-order valence-electron chi connectivity index (χ2n) is 5.57. The number of hydrogen-bond acceptors (Lipinski definition) is 5. The Morgan fingerprint density at radius 3 is 2.54 bits per heavy atom. The molecule has 24 heavy (non-hydrogen) atoms. The van der Waals surface area contributed by atoms with Gasteiger partial charge in [0.15, 0.2) is 0 Å². The second-order valence-corrected chi connectivity index (χ2v) is 6.43. The van der Waals surface area contributed by atoms with Crippen LogP contribution in [0.3, 0.4) is 0 Å². The van der Waals surface area contributed by atoms with Crippen molar-refractivity contribution in [2.24, 2.45) is 0 Å². The summed E-state index contributed by atoms with van der Waals surface area (Å²) >= 11 is 3.46. The van der Waals surface area contributed by atoms with E-state index < -0.39 is 0 Å². The highest BCUT2D eigenvalue weighted by Gasteiger charge is 2.06. The van der Waals surface area contributed by atoms with Gasteiger partial charge in [-0.2, -0.15) is 0 Å². The third-order valence-corrected chi connectivity index (χ3v) is 4.00. The smallest absolute Gasteiger partial charge is 0.226 e. The zero-order valence-corrected chi connectivity index (χ0v) is 15.3. The van der Waals surface area contributed by atoms with Crippen molar-refractivity contribution in [2.45, 2.75) is 6.92 Å². The van der Waals surface area contributed by atoms with Gasteiger partial charge in [-0.05, 0) is 47.1 Å². The van der Waals surface area contributed by atoms with Crippen molar-refractivity contribution in [3.63, 3.8) is 0 Å². The first-order chi connectivity index (χ1) is 11.5. The van der Waals surface area contributed by atoms with Crippen LogP contribution in [0.1, 0.15) is 17.0 Å². The molecule has 0 aliphatic heterocycles. The van der Waals surface area contributed by atoms with Gasteiger partial charge in [0.1, 0.15) is 12.0 Å². The zero-order valence-electron chi connectivity index (χ0n) is 13.7. The summed E-state index contributed by atoms with van der Waals surface area (Å²) in [6.45, 7) is 2.05. The summed E-state index contributed by atoms with van der Waals surface area (Å²) in [5, 5.41) is 0. The molecule has 122 valence electrons. The molecule has 1 aromatic carbocycles. The topological polar surface area (TPSA) is 55.1 Å². The molecule has 5 nitrogen and oxygen atoms in total. The summed E-state index contributed by atoms with van der Waals surface area (Å²) in [5.41, 5.74) is 3.69. The Labute approximate surface area is 149 Å². The van der Waals surface area contributed by atoms with Crippen LogP contribution in [-0.2, 0) is 0 Å². The van der Waals surface area contributed by atoms with Gasteiger partial charge in [0.2, 0.25) is 11.8 Å². The van der Waals surface area contributed by atoms with Crippen LogP contribution in [0.5, 0.6) is 0 Å². The van der Waals surface area contributed by atoms with Crippen molar-refractivity contribution in [2.75, 3.05) is 19.0 Å². The highest BCUT2D eigenvalue weighted by atomic mass is 79.9. The molecule has 0 spiro atoms. The number of hydrogen-bond donors (Lipinski definition) is 0. The minimum atomic E-state index is 0.602. The number of rotatable bonds is 4. The van der Waals surface area contributed by atoms with Gasteiger partial charge >= 0.3 is 0 Å². The van der Waals surface area contributed by atoms with Crippen molar-refractivity contribution < 1.29 is 4.42 Å². The van der Waals surface area contributed by atoms with Gasteiger partial charge in [-0.15, -0.1) is 0 Å². The monoisotopic (exact) mass is 384 g/mol. The fourth-order valence-electron chi connectivity index (χ4n) is 2.06. The van der Waals surface area contributed by atoms with Gasteiger partial charge in [0.25, 0.3) is 0 Å². The van der Waals surface area contributed by atoms with Crippen molar-refractivity contribution >= 4 is 34.0 Å². The Hall–Kier alpha value is -2.47. The maximum Gasteiger partial charge on any atom is 0.226 e. The van der Waals surface area contributed by atoms with Crippen LogP contribution in [0.15, 0.2) is 45.6 Å². The van der Waals surface area contributed by atoms with E-state index in [4.69, 9.17) is 4.42 Å². The maximum atomic E-state index is 5.56. The van der Waals surface area contributed by atoms with Gasteiger partial charge in [-0.1, -0.05) is 17.7 Å². The molecule has 0 aliphatic carbocycles. The van der Waals surface area contributed by atoms with Crippen LogP contribution < -0.4 is 4.90 Å². The van der Waals surface area contributed by atoms with E-state index in [1.54, 1.807) is 12.5 Å². The molecule has 6 heteroatoms. The lowest BCUT2D eigenvalue weighted by atomic mass is 10.1. The number of aromatic nitrogens is 3. The second kappa shape index (κ2) is 6.97. The largest absolute Gasteiger partial charge is 0.444 e. The molecular formula is C18H17BrN4O. The molecule has 2 heterocycles. The highest BCUT2D eigenvalue weighted by molar-refractivity contribution is 9.10. The van der Waals surface area contributed by atoms with Crippen LogP contribution >= 0.6 is 15.9 Å². The van der Waals surface area contributed by atoms with E-state index in [9.17, 15) is 0 Å². The van der Waals surface area contributed by atoms with Gasteiger partial charge in [-0.25, -0.2) is 15.0 Å². The number of halogens is 1. The van der Waals surface area contributed by atoms with Crippen LogP contribution in [0, 0.1) is 6.92 Å². The standard InChI is InChI=1S/C18H17BrN4O/c1-12-4-6-13(7-5-12)17-21-14(11-24-17)8-9-16-15(19)10-20-18(22-16)23(2)3/h4-11H,1-3H3/b9-8+. The van der Waals surface area contributed by atoms with Gasteiger partial charge in [0, 0.05) is 25.9 Å². The zero-order chi connectivity index (χ0) is 17.1. The van der Waals surface area contributed by atoms with E-state index in [1.807, 2.05) is 55.4 Å². The number of aryl methyl sites for hydroxylation is 1. The first-order valence-corrected chi connectivity index (χ1v) is 8.23. The molecule has 0 amide bonds. The van der Waals surface area contributed by atoms with Gasteiger partial charge in [-0.3, -0.25) is 0 Å². The van der Waals surface area contributed by atoms with Crippen LogP contribution in [-0.4, -0.2) is 29.0 Å². The lowest BCUT2D eigenvalue weighted by molar-refractivity contribution is 0.574. The van der Waals surface area contributed by atoms with Crippen LogP contribution in [0.2, 0.25) is 0 Å². The van der Waals surface area contributed by atoms with Crippen LogP contribution in [0.25, 0.3) is 23.6 Å². The number of nitrogens with zero attached hydrogens (tertiary/aromatic N) is 4. The Kier molecular flexibility index (Phi) is 4.76. The fourth-order valence-corrected chi connectivity index (χ4v) is 2.38. The first-order valence-electron chi connectivity index (χ1n) is 7.43. The summed E-state index contributed by atoms with van der Waals surface area (Å²) in [6.07, 6.45) is 7.12. The molecule has 0 atom stereocenters. The van der Waals surface area contributed by atoms with Crippen molar-refractivity contribution in [3.05, 3.63) is 58.1 Å². The Balaban J connectivity index is 1.83. The number of oxazole rings is 1. The molecule has 3 aromatic rings. The van der Waals surface area contributed by atoms with Crippen molar-refractivity contribution in [1.82, 2.24) is 15.0 Å². The molecule has 2 aromatic heterocycles. The van der Waals surface area contributed by atoms with E-state index in [1.165, 1.54) is 5.56 Å². The molecule has 0 unspecified atom stereocenters. The molecule has 3 rings (SSSR count). The molecule has 0 N–H and O–H groups in total. The van der Waals surface area contributed by atoms with E-state index in [2.05, 4.69) is 37.8 Å². The molecule has 0 fully saturated rings. The lowest BCUT2D eigenvalue weighted by Crippen LogP contribution is -2.13. The molecule has 0 saturated heterocycles. The minimum absolute atomic E-state index is 0.602. The molecule has 0 saturated carbocycles. The van der Waals surface area contributed by atoms with Gasteiger partial charge in [0.05, 0.1) is 10.2 Å². The van der Waals surface area contributed by atoms with Gasteiger partial charge < -0.3 is 9.32 Å². The number of anilines is 1. The summed E-state index contributed by atoms with van der Waals surface area (Å²) in [5.74, 6) is 1.25. The normalized spacial score (nSPS) is 11.2. The average molecular weight is 385 g/mol. The maximum absolute atomic E-state index is 5.56. The average Bonchev–Trinajstić information content (AvgIpc) is 3.03. The third-order valence-electron chi connectivity index (χ3n) is 3.39. The summed E-state index contributed by atoms with van der Waals surface area (Å²) in [4.78, 5) is 15.1. The van der Waals surface area contributed by atoms with Crippen LogP contribution in [0.4, 0.5) is 5.95 Å². The molecule has 0 bridgehead atoms. The highest BCUT2D eigenvalue weighted by Crippen LogP contribution is 2.21. The Morgan fingerprint density at radius 1 is 1.08 bits per heavy atom. The first kappa shape index (κ1) is 16.4. The van der Waals surface area contributed by atoms with E-state index in [0.717, 1.165) is 21.4 Å². The molecular weight excluding hydrogens is 368 g/mol. The minimum Gasteiger partial charge on any atom is -0.444 e. The third kappa shape index (κ3) is 3.71. The fraction of sp³-hybridized carbons (Fsp3) is 0.167. The summed E-state index contributed by atoms with van der Waals surface area (Å²) in [7, 11) is 3.81. The van der Waals surface area contributed by atoms with E-state index in [-0.39, 0.29) is 0 Å². The van der Waals surface area contributed by atoms with Crippen molar-refractivity contribution in [1.29, 1.82) is 0 Å². The lowest BCUT2D eigenvalue weighted by Gasteiger charge is -2.10. The summed E-state index contributed by atoms with van der Waals surface area (Å²) in [6, 6.07) is 8.07. The Morgan fingerprint density at radius 2 is 1.83 bits per heavy atom. The van der Waals surface area contributed by atoms with E-state index >= 15 is 0 Å². The quantitative estimate of drug-likeness (QED) is 0.665. The molecule has 0 radical (unpaired) electrons.